The molecule has 0 fully saturated rings. The largest absolute Gasteiger partial charge is 0.477 e. The van der Waals surface area contributed by atoms with Crippen molar-refractivity contribution in [2.24, 2.45) is 0 Å². The Kier molecular flexibility index (Phi) is 38.1. The Bertz CT molecular complexity index is 973. The van der Waals surface area contributed by atoms with Gasteiger partial charge in [-0.25, -0.2) is 4.79 Å². The van der Waals surface area contributed by atoms with E-state index in [1.807, 2.05) is 21.1 Å². The van der Waals surface area contributed by atoms with Gasteiger partial charge in [0.25, 0.3) is 0 Å². The molecule has 0 aliphatic carbocycles. The number of rotatable bonds is 42. The van der Waals surface area contributed by atoms with Crippen LogP contribution >= 0.6 is 0 Å². The van der Waals surface area contributed by atoms with Crippen molar-refractivity contribution in [2.75, 3.05) is 41.0 Å². The SMILES string of the molecule is CC/C=C/C/C=C/CCCCCCCCCC(=O)OC(COCCC(C(=O)O)[N+](C)(C)C)COC(=O)CCCCCCCCCCCCCCCCCCCC. The first-order valence-electron chi connectivity index (χ1n) is 23.4. The Morgan fingerprint density at radius 1 is 0.554 bits per heavy atom. The quantitative estimate of drug-likeness (QED) is 0.0284. The highest BCUT2D eigenvalue weighted by molar-refractivity contribution is 5.72. The molecule has 328 valence electrons. The molecule has 0 saturated carbocycles. The van der Waals surface area contributed by atoms with Gasteiger partial charge >= 0.3 is 17.9 Å². The fraction of sp³-hybridized carbons (Fsp3) is 0.854. The lowest BCUT2D eigenvalue weighted by atomic mass is 10.0. The summed E-state index contributed by atoms with van der Waals surface area (Å²) >= 11 is 0. The summed E-state index contributed by atoms with van der Waals surface area (Å²) in [5.41, 5.74) is 0. The molecule has 56 heavy (non-hydrogen) atoms. The number of hydrogen-bond donors (Lipinski definition) is 1. The average Bonchev–Trinajstić information content (AvgIpc) is 3.15. The predicted octanol–water partition coefficient (Wildman–Crippen LogP) is 12.9. The molecule has 8 heteroatoms. The summed E-state index contributed by atoms with van der Waals surface area (Å²) in [5.74, 6) is -1.46. The van der Waals surface area contributed by atoms with E-state index in [1.165, 1.54) is 122 Å². The second-order valence-corrected chi connectivity index (χ2v) is 17.0. The number of unbranched alkanes of at least 4 members (excludes halogenated alkanes) is 24. The van der Waals surface area contributed by atoms with E-state index >= 15 is 0 Å². The molecule has 0 aromatic heterocycles. The van der Waals surface area contributed by atoms with Crippen LogP contribution in [0.15, 0.2) is 24.3 Å². The van der Waals surface area contributed by atoms with Crippen molar-refractivity contribution in [3.05, 3.63) is 24.3 Å². The second kappa shape index (κ2) is 39.6. The lowest BCUT2D eigenvalue weighted by molar-refractivity contribution is -0.887. The van der Waals surface area contributed by atoms with Gasteiger partial charge in [0.15, 0.2) is 12.1 Å². The third-order valence-electron chi connectivity index (χ3n) is 10.6. The normalized spacial score (nSPS) is 13.1. The lowest BCUT2D eigenvalue weighted by Gasteiger charge is -2.31. The first-order valence-corrected chi connectivity index (χ1v) is 23.4. The van der Waals surface area contributed by atoms with Crippen LogP contribution in [0.1, 0.15) is 213 Å². The first kappa shape index (κ1) is 53.8. The van der Waals surface area contributed by atoms with Gasteiger partial charge in [-0.05, 0) is 38.5 Å². The van der Waals surface area contributed by atoms with Crippen LogP contribution < -0.4 is 0 Å². The molecule has 2 unspecified atom stereocenters. The molecule has 0 spiro atoms. The van der Waals surface area contributed by atoms with Gasteiger partial charge in [-0.3, -0.25) is 9.59 Å². The number of nitrogens with zero attached hydrogens (tertiary/aromatic N) is 1. The summed E-state index contributed by atoms with van der Waals surface area (Å²) in [6, 6.07) is -0.613. The van der Waals surface area contributed by atoms with Gasteiger partial charge in [0.1, 0.15) is 6.61 Å². The molecule has 0 heterocycles. The third kappa shape index (κ3) is 37.4. The lowest BCUT2D eigenvalue weighted by Crippen LogP contribution is -2.50. The summed E-state index contributed by atoms with van der Waals surface area (Å²) in [7, 11) is 5.53. The summed E-state index contributed by atoms with van der Waals surface area (Å²) in [6.45, 7) is 4.65. The summed E-state index contributed by atoms with van der Waals surface area (Å²) in [6.07, 6.45) is 43.6. The highest BCUT2D eigenvalue weighted by Crippen LogP contribution is 2.16. The summed E-state index contributed by atoms with van der Waals surface area (Å²) in [5, 5.41) is 9.62. The number of quaternary nitrogens is 1. The van der Waals surface area contributed by atoms with Gasteiger partial charge in [-0.1, -0.05) is 179 Å². The van der Waals surface area contributed by atoms with Crippen molar-refractivity contribution in [2.45, 2.75) is 225 Å². The van der Waals surface area contributed by atoms with Crippen LogP contribution in [-0.4, -0.2) is 80.6 Å². The van der Waals surface area contributed by atoms with Gasteiger partial charge in [0, 0.05) is 19.3 Å². The number of carboxylic acids is 1. The minimum atomic E-state index is -0.874. The molecule has 0 aromatic carbocycles. The van der Waals surface area contributed by atoms with Crippen molar-refractivity contribution in [3.8, 4) is 0 Å². The number of carbonyl (C=O) groups excluding carboxylic acids is 2. The number of aliphatic carboxylic acids is 1. The maximum absolute atomic E-state index is 12.7. The van der Waals surface area contributed by atoms with E-state index in [1.54, 1.807) is 0 Å². The number of carbonyl (C=O) groups is 3. The smallest absolute Gasteiger partial charge is 0.362 e. The highest BCUT2D eigenvalue weighted by atomic mass is 16.6. The molecule has 0 aliphatic heterocycles. The summed E-state index contributed by atoms with van der Waals surface area (Å²) < 4.78 is 17.3. The molecule has 0 bridgehead atoms. The molecule has 0 radical (unpaired) electrons. The van der Waals surface area contributed by atoms with E-state index in [2.05, 4.69) is 38.2 Å². The van der Waals surface area contributed by atoms with Gasteiger partial charge in [0.2, 0.25) is 0 Å². The molecule has 1 N–H and O–H groups in total. The fourth-order valence-electron chi connectivity index (χ4n) is 7.01. The van der Waals surface area contributed by atoms with Crippen LogP contribution in [0.4, 0.5) is 0 Å². The topological polar surface area (TPSA) is 99.1 Å². The number of allylic oxidation sites excluding steroid dienone is 4. The highest BCUT2D eigenvalue weighted by Gasteiger charge is 2.31. The van der Waals surface area contributed by atoms with E-state index in [9.17, 15) is 19.5 Å². The average molecular weight is 793 g/mol. The van der Waals surface area contributed by atoms with E-state index in [-0.39, 0.29) is 36.2 Å². The maximum atomic E-state index is 12.7. The van der Waals surface area contributed by atoms with Crippen LogP contribution in [0, 0.1) is 0 Å². The molecule has 0 saturated heterocycles. The molecule has 2 atom stereocenters. The molecular weight excluding hydrogens is 703 g/mol. The molecule has 0 aromatic rings. The zero-order valence-electron chi connectivity index (χ0n) is 37.3. The first-order chi connectivity index (χ1) is 27.1. The standard InChI is InChI=1S/C48H89NO7/c1-6-8-10-12-14-16-18-20-22-23-24-25-27-28-30-32-34-36-38-46(50)55-43-44(42-54-41-40-45(48(52)53)49(3,4)5)56-47(51)39-37-35-33-31-29-26-21-19-17-15-13-11-9-7-2/h9,11,15,17,44-45H,6-8,10,12-14,16,18-43H2,1-5H3/p+1/b11-9+,17-15+. The zero-order valence-corrected chi connectivity index (χ0v) is 37.3. The van der Waals surface area contributed by atoms with E-state index in [0.29, 0.717) is 19.3 Å². The Hall–Kier alpha value is -2.19. The molecular formula is C48H90NO7+. The van der Waals surface area contributed by atoms with Gasteiger partial charge in [-0.2, -0.15) is 0 Å². The summed E-state index contributed by atoms with van der Waals surface area (Å²) in [4.78, 5) is 37.0. The monoisotopic (exact) mass is 793 g/mol. The zero-order chi connectivity index (χ0) is 41.4. The molecule has 0 amide bonds. The van der Waals surface area contributed by atoms with Crippen molar-refractivity contribution in [1.29, 1.82) is 0 Å². The number of likely N-dealkylation sites (N-methyl/N-ethyl adjacent to an activating group) is 1. The Morgan fingerprint density at radius 2 is 1.00 bits per heavy atom. The van der Waals surface area contributed by atoms with Crippen LogP contribution in [0.2, 0.25) is 0 Å². The Morgan fingerprint density at radius 3 is 1.46 bits per heavy atom. The molecule has 0 aliphatic rings. The van der Waals surface area contributed by atoms with Crippen molar-refractivity contribution < 1.29 is 38.2 Å². The van der Waals surface area contributed by atoms with Crippen LogP contribution in [0.25, 0.3) is 0 Å². The van der Waals surface area contributed by atoms with Crippen molar-refractivity contribution in [1.82, 2.24) is 0 Å². The molecule has 8 nitrogen and oxygen atoms in total. The van der Waals surface area contributed by atoms with Gasteiger partial charge < -0.3 is 23.8 Å². The van der Waals surface area contributed by atoms with Crippen LogP contribution in [-0.2, 0) is 28.6 Å². The van der Waals surface area contributed by atoms with Gasteiger partial charge in [0.05, 0.1) is 34.4 Å². The number of hydrogen-bond acceptors (Lipinski definition) is 6. The van der Waals surface area contributed by atoms with Crippen molar-refractivity contribution in [3.63, 3.8) is 0 Å². The van der Waals surface area contributed by atoms with Crippen LogP contribution in [0.5, 0.6) is 0 Å². The number of carboxylic acid groups (broad SMARTS) is 1. The minimum absolute atomic E-state index is 0.0497. The molecule has 0 rings (SSSR count). The number of ether oxygens (including phenoxy) is 3. The van der Waals surface area contributed by atoms with Gasteiger partial charge in [-0.15, -0.1) is 0 Å². The Labute approximate surface area is 345 Å². The van der Waals surface area contributed by atoms with Crippen molar-refractivity contribution >= 4 is 17.9 Å². The second-order valence-electron chi connectivity index (χ2n) is 17.0. The van der Waals surface area contributed by atoms with E-state index in [0.717, 1.165) is 57.8 Å². The maximum Gasteiger partial charge on any atom is 0.362 e. The van der Waals surface area contributed by atoms with Crippen LogP contribution in [0.3, 0.4) is 0 Å². The fourth-order valence-corrected chi connectivity index (χ4v) is 7.01. The number of esters is 2. The third-order valence-corrected chi connectivity index (χ3v) is 10.6. The van der Waals surface area contributed by atoms with E-state index in [4.69, 9.17) is 14.2 Å². The Balaban J connectivity index is 4.26. The minimum Gasteiger partial charge on any atom is -0.477 e. The van der Waals surface area contributed by atoms with E-state index < -0.39 is 18.1 Å². The predicted molar refractivity (Wildman–Crippen MR) is 234 cm³/mol.